The second kappa shape index (κ2) is 10.6. The first kappa shape index (κ1) is 24.3. The van der Waals surface area contributed by atoms with Gasteiger partial charge in [-0.1, -0.05) is 24.3 Å². The van der Waals surface area contributed by atoms with Crippen LogP contribution in [0.4, 0.5) is 0 Å². The lowest BCUT2D eigenvalue weighted by atomic mass is 10.1. The second-order valence-corrected chi connectivity index (χ2v) is 7.64. The number of esters is 1. The predicted octanol–water partition coefficient (Wildman–Crippen LogP) is 5.46. The molecule has 182 valence electrons. The van der Waals surface area contributed by atoms with Crippen LogP contribution in [0.25, 0.3) is 11.1 Å². The normalized spacial score (nSPS) is 10.6. The Balaban J connectivity index is 1.46. The van der Waals surface area contributed by atoms with E-state index in [-0.39, 0.29) is 35.0 Å². The molecule has 0 saturated carbocycles. The number of rotatable bonds is 8. The van der Waals surface area contributed by atoms with Crippen molar-refractivity contribution in [2.24, 2.45) is 0 Å². The number of phenolic OH excluding ortho intramolecular Hbond substituents is 2. The molecule has 0 atom stereocenters. The molecule has 0 unspecified atom stereocenters. The zero-order chi connectivity index (χ0) is 25.7. The maximum absolute atomic E-state index is 12.5. The average molecular weight is 488 g/mol. The van der Waals surface area contributed by atoms with Crippen LogP contribution in [-0.2, 0) is 11.5 Å². The molecule has 4 aromatic carbocycles. The molecule has 0 heterocycles. The number of benzene rings is 4. The minimum absolute atomic E-state index is 0.00681. The summed E-state index contributed by atoms with van der Waals surface area (Å²) in [5.74, 6) is -1.44. The number of hydrogen-bond donors (Lipinski definition) is 4. The van der Waals surface area contributed by atoms with E-state index in [0.29, 0.717) is 17.1 Å². The van der Waals surface area contributed by atoms with Gasteiger partial charge in [-0.2, -0.15) is 0 Å². The van der Waals surface area contributed by atoms with Gasteiger partial charge in [0.2, 0.25) is 0 Å². The van der Waals surface area contributed by atoms with E-state index in [4.69, 9.17) is 14.7 Å². The van der Waals surface area contributed by atoms with E-state index in [2.05, 4.69) is 4.89 Å². The molecule has 0 aromatic heterocycles. The molecule has 0 aliphatic carbocycles. The van der Waals surface area contributed by atoms with Crippen molar-refractivity contribution < 1.29 is 44.5 Å². The Hall–Kier alpha value is -4.86. The molecule has 0 aliphatic rings. The van der Waals surface area contributed by atoms with Crippen molar-refractivity contribution in [2.75, 3.05) is 0 Å². The van der Waals surface area contributed by atoms with Crippen LogP contribution in [0.15, 0.2) is 84.9 Å². The van der Waals surface area contributed by atoms with E-state index in [1.807, 2.05) is 12.1 Å². The third-order valence-electron chi connectivity index (χ3n) is 5.20. The van der Waals surface area contributed by atoms with Crippen LogP contribution in [0, 0.1) is 0 Å². The standard InChI is InChI=1S/C27H20O9/c28-19-7-12-23(26(30)31)24(13-19)27(32)36-22-10-4-17(5-11-22)16-2-8-21(9-3-16)35-25-14-20(29)6-1-18(25)15-34-33/h1-14,28-29,33H,15H2,(H,30,31). The fourth-order valence-corrected chi connectivity index (χ4v) is 3.43. The van der Waals surface area contributed by atoms with Gasteiger partial charge in [0.05, 0.1) is 11.1 Å². The first-order chi connectivity index (χ1) is 17.3. The number of carbonyl (C=O) groups excluding carboxylic acids is 1. The average Bonchev–Trinajstić information content (AvgIpc) is 2.86. The zero-order valence-corrected chi connectivity index (χ0v) is 18.6. The summed E-state index contributed by atoms with van der Waals surface area (Å²) in [5, 5.41) is 37.3. The lowest BCUT2D eigenvalue weighted by Gasteiger charge is -2.11. The highest BCUT2D eigenvalue weighted by molar-refractivity contribution is 6.03. The Kier molecular flexibility index (Phi) is 7.15. The molecule has 4 rings (SSSR count). The molecule has 9 nitrogen and oxygen atoms in total. The Labute approximate surface area is 204 Å². The molecule has 4 N–H and O–H groups in total. The molecule has 0 spiro atoms. The summed E-state index contributed by atoms with van der Waals surface area (Å²) < 4.78 is 11.1. The number of carbonyl (C=O) groups is 2. The molecule has 0 radical (unpaired) electrons. The monoisotopic (exact) mass is 488 g/mol. The molecule has 4 aromatic rings. The summed E-state index contributed by atoms with van der Waals surface area (Å²) in [4.78, 5) is 28.0. The van der Waals surface area contributed by atoms with Crippen LogP contribution < -0.4 is 9.47 Å². The summed E-state index contributed by atoms with van der Waals surface area (Å²) >= 11 is 0. The lowest BCUT2D eigenvalue weighted by molar-refractivity contribution is -0.253. The lowest BCUT2D eigenvalue weighted by Crippen LogP contribution is -2.14. The number of aromatic carboxylic acids is 1. The van der Waals surface area contributed by atoms with Gasteiger partial charge in [-0.15, -0.1) is 0 Å². The molecule has 36 heavy (non-hydrogen) atoms. The number of phenols is 2. The van der Waals surface area contributed by atoms with E-state index in [1.165, 1.54) is 18.2 Å². The van der Waals surface area contributed by atoms with Crippen LogP contribution >= 0.6 is 0 Å². The molecular formula is C27H20O9. The van der Waals surface area contributed by atoms with Crippen LogP contribution in [0.3, 0.4) is 0 Å². The van der Waals surface area contributed by atoms with E-state index in [1.54, 1.807) is 42.5 Å². The van der Waals surface area contributed by atoms with Crippen LogP contribution in [0.2, 0.25) is 0 Å². The quantitative estimate of drug-likeness (QED) is 0.110. The van der Waals surface area contributed by atoms with Gasteiger partial charge in [0.15, 0.2) is 0 Å². The molecular weight excluding hydrogens is 468 g/mol. The van der Waals surface area contributed by atoms with Crippen molar-refractivity contribution in [2.45, 2.75) is 6.61 Å². The number of aromatic hydroxyl groups is 2. The van der Waals surface area contributed by atoms with Crippen LogP contribution in [-0.4, -0.2) is 32.5 Å². The number of ether oxygens (including phenoxy) is 2. The van der Waals surface area contributed by atoms with Crippen LogP contribution in [0.1, 0.15) is 26.3 Å². The first-order valence-electron chi connectivity index (χ1n) is 10.6. The van der Waals surface area contributed by atoms with E-state index in [9.17, 15) is 24.9 Å². The van der Waals surface area contributed by atoms with Gasteiger partial charge in [0.1, 0.15) is 35.4 Å². The summed E-state index contributed by atoms with van der Waals surface area (Å²) in [6, 6.07) is 21.5. The minimum atomic E-state index is -1.31. The Morgan fingerprint density at radius 1 is 0.694 bits per heavy atom. The number of carboxylic acid groups (broad SMARTS) is 1. The van der Waals surface area contributed by atoms with E-state index in [0.717, 1.165) is 23.3 Å². The van der Waals surface area contributed by atoms with Gasteiger partial charge in [0, 0.05) is 11.6 Å². The number of hydrogen-bond acceptors (Lipinski definition) is 8. The fraction of sp³-hybridized carbons (Fsp3) is 0.0370. The summed E-state index contributed by atoms with van der Waals surface area (Å²) in [6.45, 7) is -0.103. The zero-order valence-electron chi connectivity index (χ0n) is 18.6. The topological polar surface area (TPSA) is 143 Å². The van der Waals surface area contributed by atoms with Crippen molar-refractivity contribution in [3.63, 3.8) is 0 Å². The smallest absolute Gasteiger partial charge is 0.344 e. The molecule has 0 aliphatic heterocycles. The molecule has 9 heteroatoms. The highest BCUT2D eigenvalue weighted by Gasteiger charge is 2.19. The van der Waals surface area contributed by atoms with E-state index >= 15 is 0 Å². The second-order valence-electron chi connectivity index (χ2n) is 7.64. The van der Waals surface area contributed by atoms with Gasteiger partial charge < -0.3 is 24.8 Å². The largest absolute Gasteiger partial charge is 0.508 e. The molecule has 0 saturated heterocycles. The predicted molar refractivity (Wildman–Crippen MR) is 128 cm³/mol. The molecule has 0 bridgehead atoms. The van der Waals surface area contributed by atoms with Crippen molar-refractivity contribution in [1.82, 2.24) is 0 Å². The van der Waals surface area contributed by atoms with Crippen LogP contribution in [0.5, 0.6) is 28.7 Å². The van der Waals surface area contributed by atoms with Crippen molar-refractivity contribution in [3.8, 4) is 39.9 Å². The Morgan fingerprint density at radius 3 is 1.89 bits per heavy atom. The van der Waals surface area contributed by atoms with E-state index < -0.39 is 11.9 Å². The van der Waals surface area contributed by atoms with Crippen molar-refractivity contribution >= 4 is 11.9 Å². The van der Waals surface area contributed by atoms with Gasteiger partial charge in [0.25, 0.3) is 0 Å². The summed E-state index contributed by atoms with van der Waals surface area (Å²) in [6.07, 6.45) is 0. The van der Waals surface area contributed by atoms with Gasteiger partial charge in [-0.25, -0.2) is 14.5 Å². The Morgan fingerprint density at radius 2 is 1.28 bits per heavy atom. The Bertz CT molecular complexity index is 1390. The van der Waals surface area contributed by atoms with Crippen molar-refractivity contribution in [1.29, 1.82) is 0 Å². The van der Waals surface area contributed by atoms with Crippen molar-refractivity contribution in [3.05, 3.63) is 102 Å². The maximum Gasteiger partial charge on any atom is 0.344 e. The first-order valence-corrected chi connectivity index (χ1v) is 10.6. The fourth-order valence-electron chi connectivity index (χ4n) is 3.43. The number of carboxylic acids is 1. The third kappa shape index (κ3) is 5.61. The van der Waals surface area contributed by atoms with Gasteiger partial charge in [-0.3, -0.25) is 5.26 Å². The van der Waals surface area contributed by atoms with Gasteiger partial charge >= 0.3 is 11.9 Å². The summed E-state index contributed by atoms with van der Waals surface area (Å²) in [7, 11) is 0. The minimum Gasteiger partial charge on any atom is -0.508 e. The molecule has 0 fully saturated rings. The maximum atomic E-state index is 12.5. The SMILES string of the molecule is O=C(O)c1ccc(O)cc1C(=O)Oc1ccc(-c2ccc(Oc3cc(O)ccc3COO)cc2)cc1. The highest BCUT2D eigenvalue weighted by Crippen LogP contribution is 2.31. The summed E-state index contributed by atoms with van der Waals surface area (Å²) in [5.41, 5.74) is 1.67. The third-order valence-corrected chi connectivity index (χ3v) is 5.20. The van der Waals surface area contributed by atoms with Gasteiger partial charge in [-0.05, 0) is 65.7 Å². The highest BCUT2D eigenvalue weighted by atomic mass is 17.1. The molecule has 0 amide bonds.